The van der Waals surface area contributed by atoms with Crippen molar-refractivity contribution in [3.63, 3.8) is 0 Å². The van der Waals surface area contributed by atoms with Crippen LogP contribution in [0.25, 0.3) is 10.1 Å². The number of benzene rings is 1. The molecule has 0 unspecified atom stereocenters. The second kappa shape index (κ2) is 5.91. The van der Waals surface area contributed by atoms with E-state index in [4.69, 9.17) is 4.74 Å². The second-order valence-corrected chi connectivity index (χ2v) is 6.03. The highest BCUT2D eigenvalue weighted by molar-refractivity contribution is 7.21. The van der Waals surface area contributed by atoms with Crippen LogP contribution in [0.5, 0.6) is 0 Å². The normalized spacial score (nSPS) is 16.6. The molecule has 0 bridgehead atoms. The van der Waals surface area contributed by atoms with Gasteiger partial charge in [0.15, 0.2) is 0 Å². The van der Waals surface area contributed by atoms with Crippen LogP contribution in [0.1, 0.15) is 28.1 Å². The van der Waals surface area contributed by atoms with Gasteiger partial charge in [-0.15, -0.1) is 11.3 Å². The highest BCUT2D eigenvalue weighted by Crippen LogP contribution is 2.31. The van der Waals surface area contributed by atoms with Gasteiger partial charge in [0.1, 0.15) is 4.88 Å². The largest absolute Gasteiger partial charge is 0.477 e. The molecule has 5 heteroatoms. The zero-order valence-electron chi connectivity index (χ0n) is 11.1. The average Bonchev–Trinajstić information content (AvgIpc) is 2.85. The Morgan fingerprint density at radius 3 is 2.85 bits per heavy atom. The smallest absolute Gasteiger partial charge is 0.346 e. The standard InChI is InChI=1S/C15H17NO3S/c17-15(18)14-12(9-16-10-5-7-19-8-6-10)11-3-1-2-4-13(11)20-14/h1-4,10,16H,5-9H2,(H,17,18). The lowest BCUT2D eigenvalue weighted by Gasteiger charge is -2.23. The summed E-state index contributed by atoms with van der Waals surface area (Å²) < 4.78 is 6.37. The molecule has 0 radical (unpaired) electrons. The summed E-state index contributed by atoms with van der Waals surface area (Å²) in [6, 6.07) is 8.30. The van der Waals surface area contributed by atoms with Crippen molar-refractivity contribution in [2.45, 2.75) is 25.4 Å². The Kier molecular flexibility index (Phi) is 4.00. The number of ether oxygens (including phenoxy) is 1. The first-order valence-corrected chi connectivity index (χ1v) is 7.62. The summed E-state index contributed by atoms with van der Waals surface area (Å²) in [4.78, 5) is 11.9. The molecule has 1 aromatic heterocycles. The number of thiophene rings is 1. The second-order valence-electron chi connectivity index (χ2n) is 4.98. The first kappa shape index (κ1) is 13.5. The first-order chi connectivity index (χ1) is 9.75. The maximum Gasteiger partial charge on any atom is 0.346 e. The number of hydrogen-bond donors (Lipinski definition) is 2. The number of nitrogens with one attached hydrogen (secondary N) is 1. The Hall–Kier alpha value is -1.43. The van der Waals surface area contributed by atoms with Crippen molar-refractivity contribution in [1.29, 1.82) is 0 Å². The number of fused-ring (bicyclic) bond motifs is 1. The quantitative estimate of drug-likeness (QED) is 0.909. The maximum atomic E-state index is 11.4. The Morgan fingerprint density at radius 2 is 2.10 bits per heavy atom. The van der Waals surface area contributed by atoms with Crippen LogP contribution >= 0.6 is 11.3 Å². The minimum atomic E-state index is -0.838. The Morgan fingerprint density at radius 1 is 1.35 bits per heavy atom. The highest BCUT2D eigenvalue weighted by Gasteiger charge is 2.19. The van der Waals surface area contributed by atoms with Crippen LogP contribution < -0.4 is 5.32 Å². The Labute approximate surface area is 121 Å². The summed E-state index contributed by atoms with van der Waals surface area (Å²) in [5.41, 5.74) is 0.907. The van der Waals surface area contributed by atoms with Gasteiger partial charge in [-0.3, -0.25) is 0 Å². The fourth-order valence-corrected chi connectivity index (χ4v) is 3.66. The summed E-state index contributed by atoms with van der Waals surface area (Å²) >= 11 is 1.35. The molecule has 2 heterocycles. The van der Waals surface area contributed by atoms with Gasteiger partial charge in [-0.25, -0.2) is 4.79 Å². The molecule has 2 N–H and O–H groups in total. The Balaban J connectivity index is 1.84. The van der Waals surface area contributed by atoms with Gasteiger partial charge in [0.05, 0.1) is 0 Å². The monoisotopic (exact) mass is 291 g/mol. The third kappa shape index (κ3) is 2.70. The molecule has 1 aliphatic heterocycles. The highest BCUT2D eigenvalue weighted by atomic mass is 32.1. The van der Waals surface area contributed by atoms with Crippen LogP contribution in [0.15, 0.2) is 24.3 Å². The van der Waals surface area contributed by atoms with Crippen molar-refractivity contribution >= 4 is 27.4 Å². The molecule has 1 saturated heterocycles. The molecule has 1 aliphatic rings. The van der Waals surface area contributed by atoms with E-state index >= 15 is 0 Å². The van der Waals surface area contributed by atoms with Crippen molar-refractivity contribution in [1.82, 2.24) is 5.32 Å². The molecule has 106 valence electrons. The zero-order chi connectivity index (χ0) is 13.9. The summed E-state index contributed by atoms with van der Waals surface area (Å²) in [7, 11) is 0. The molecule has 1 fully saturated rings. The van der Waals surface area contributed by atoms with Crippen molar-refractivity contribution in [2.24, 2.45) is 0 Å². The van der Waals surface area contributed by atoms with E-state index < -0.39 is 5.97 Å². The molecule has 0 saturated carbocycles. The first-order valence-electron chi connectivity index (χ1n) is 6.80. The van der Waals surface area contributed by atoms with E-state index in [1.165, 1.54) is 11.3 Å². The van der Waals surface area contributed by atoms with Crippen molar-refractivity contribution in [3.8, 4) is 0 Å². The molecule has 3 rings (SSSR count). The lowest BCUT2D eigenvalue weighted by atomic mass is 10.1. The van der Waals surface area contributed by atoms with Gasteiger partial charge in [0.25, 0.3) is 0 Å². The molecule has 4 nitrogen and oxygen atoms in total. The van der Waals surface area contributed by atoms with Crippen LogP contribution in [-0.4, -0.2) is 30.3 Å². The minimum Gasteiger partial charge on any atom is -0.477 e. The number of carboxylic acids is 1. The van der Waals surface area contributed by atoms with E-state index in [1.807, 2.05) is 24.3 Å². The molecule has 2 aromatic rings. The molecular weight excluding hydrogens is 274 g/mol. The van der Waals surface area contributed by atoms with Crippen LogP contribution in [-0.2, 0) is 11.3 Å². The molecular formula is C15H17NO3S. The number of carboxylic acid groups (broad SMARTS) is 1. The van der Waals surface area contributed by atoms with Crippen molar-refractivity contribution in [3.05, 3.63) is 34.7 Å². The topological polar surface area (TPSA) is 58.6 Å². The third-order valence-corrected chi connectivity index (χ3v) is 4.88. The van der Waals surface area contributed by atoms with E-state index in [1.54, 1.807) is 0 Å². The van der Waals surface area contributed by atoms with Gasteiger partial charge in [-0.05, 0) is 29.9 Å². The maximum absolute atomic E-state index is 11.4. The Bertz CT molecular complexity index is 617. The lowest BCUT2D eigenvalue weighted by Crippen LogP contribution is -2.34. The molecule has 0 atom stereocenters. The summed E-state index contributed by atoms with van der Waals surface area (Å²) in [5, 5.41) is 13.9. The predicted octanol–water partition coefficient (Wildman–Crippen LogP) is 2.87. The number of hydrogen-bond acceptors (Lipinski definition) is 4. The van der Waals surface area contributed by atoms with Crippen LogP contribution in [0, 0.1) is 0 Å². The predicted molar refractivity (Wildman–Crippen MR) is 79.5 cm³/mol. The van der Waals surface area contributed by atoms with Gasteiger partial charge in [0, 0.05) is 30.5 Å². The van der Waals surface area contributed by atoms with Crippen molar-refractivity contribution in [2.75, 3.05) is 13.2 Å². The SMILES string of the molecule is O=C(O)c1sc2ccccc2c1CNC1CCOCC1. The summed E-state index contributed by atoms with van der Waals surface area (Å²) in [6.07, 6.45) is 1.98. The number of rotatable bonds is 4. The van der Waals surface area contributed by atoms with Crippen molar-refractivity contribution < 1.29 is 14.6 Å². The number of carbonyl (C=O) groups is 1. The molecule has 20 heavy (non-hydrogen) atoms. The van der Waals surface area contributed by atoms with E-state index in [2.05, 4.69) is 5.32 Å². The van der Waals surface area contributed by atoms with E-state index in [9.17, 15) is 9.90 Å². The van der Waals surface area contributed by atoms with Gasteiger partial charge in [-0.1, -0.05) is 18.2 Å². The van der Waals surface area contributed by atoms with Crippen LogP contribution in [0.2, 0.25) is 0 Å². The third-order valence-electron chi connectivity index (χ3n) is 3.68. The lowest BCUT2D eigenvalue weighted by molar-refractivity contribution is 0.0698. The van der Waals surface area contributed by atoms with E-state index in [0.717, 1.165) is 41.7 Å². The fourth-order valence-electron chi connectivity index (χ4n) is 2.60. The fraction of sp³-hybridized carbons (Fsp3) is 0.400. The van der Waals surface area contributed by atoms with Gasteiger partial charge in [-0.2, -0.15) is 0 Å². The van der Waals surface area contributed by atoms with Gasteiger partial charge >= 0.3 is 5.97 Å². The molecule has 0 amide bonds. The van der Waals surface area contributed by atoms with Gasteiger partial charge < -0.3 is 15.2 Å². The minimum absolute atomic E-state index is 0.420. The zero-order valence-corrected chi connectivity index (χ0v) is 11.9. The molecule has 1 aromatic carbocycles. The van der Waals surface area contributed by atoms with E-state index in [0.29, 0.717) is 17.5 Å². The summed E-state index contributed by atoms with van der Waals surface area (Å²) in [5.74, 6) is -0.838. The molecule has 0 aliphatic carbocycles. The molecule has 0 spiro atoms. The van der Waals surface area contributed by atoms with Crippen LogP contribution in [0.3, 0.4) is 0 Å². The summed E-state index contributed by atoms with van der Waals surface area (Å²) in [6.45, 7) is 2.18. The van der Waals surface area contributed by atoms with Gasteiger partial charge in [0.2, 0.25) is 0 Å². The average molecular weight is 291 g/mol. The van der Waals surface area contributed by atoms with Crippen LogP contribution in [0.4, 0.5) is 0 Å². The van der Waals surface area contributed by atoms with E-state index in [-0.39, 0.29) is 0 Å². The number of aromatic carboxylic acids is 1.